The van der Waals surface area contributed by atoms with Crippen LogP contribution >= 0.6 is 27.5 Å². The Labute approximate surface area is 76.8 Å². The Morgan fingerprint density at radius 3 is 2.60 bits per heavy atom. The third kappa shape index (κ3) is 5.31. The van der Waals surface area contributed by atoms with Gasteiger partial charge >= 0.3 is 0 Å². The maximum Gasteiger partial charge on any atom is 0.0112 e. The van der Waals surface area contributed by atoms with Gasteiger partial charge in [0.25, 0.3) is 0 Å². The lowest BCUT2D eigenvalue weighted by molar-refractivity contribution is 0.541. The van der Waals surface area contributed by atoms with Crippen LogP contribution in [0.15, 0.2) is 11.6 Å². The Balaban J connectivity index is 3.49. The first-order valence-corrected chi connectivity index (χ1v) is 5.09. The molecule has 60 valence electrons. The highest BCUT2D eigenvalue weighted by Gasteiger charge is 2.05. The van der Waals surface area contributed by atoms with E-state index in [4.69, 9.17) is 11.6 Å². The summed E-state index contributed by atoms with van der Waals surface area (Å²) in [6, 6.07) is 0. The number of hydrogen-bond acceptors (Lipinski definition) is 0. The zero-order chi connectivity index (χ0) is 7.98. The molecule has 0 aromatic carbocycles. The van der Waals surface area contributed by atoms with Gasteiger partial charge in [0.05, 0.1) is 0 Å². The minimum atomic E-state index is 0.676. The standard InChI is InChI=1S/C8H14BrCl/c1-3-4-8(6-9)5-7(2)10/h8H,2-6H2,1H3. The third-order valence-electron chi connectivity index (χ3n) is 1.43. The smallest absolute Gasteiger partial charge is 0.0112 e. The van der Waals surface area contributed by atoms with Crippen LogP contribution in [0.5, 0.6) is 0 Å². The largest absolute Gasteiger partial charge is 0.0925 e. The highest BCUT2D eigenvalue weighted by Crippen LogP contribution is 2.19. The fraction of sp³-hybridized carbons (Fsp3) is 0.750. The lowest BCUT2D eigenvalue weighted by Gasteiger charge is -2.10. The zero-order valence-corrected chi connectivity index (χ0v) is 8.71. The lowest BCUT2D eigenvalue weighted by atomic mass is 10.0. The van der Waals surface area contributed by atoms with E-state index in [0.717, 1.165) is 16.8 Å². The molecular weight excluding hydrogens is 211 g/mol. The van der Waals surface area contributed by atoms with Crippen molar-refractivity contribution in [1.82, 2.24) is 0 Å². The number of halogens is 2. The second-order valence-electron chi connectivity index (χ2n) is 2.53. The molecule has 0 nitrogen and oxygen atoms in total. The van der Waals surface area contributed by atoms with Gasteiger partial charge in [-0.3, -0.25) is 0 Å². The molecule has 0 aliphatic carbocycles. The first-order chi connectivity index (χ1) is 4.70. The van der Waals surface area contributed by atoms with E-state index in [-0.39, 0.29) is 0 Å². The van der Waals surface area contributed by atoms with Crippen molar-refractivity contribution in [3.63, 3.8) is 0 Å². The van der Waals surface area contributed by atoms with Crippen LogP contribution in [-0.2, 0) is 0 Å². The van der Waals surface area contributed by atoms with Crippen molar-refractivity contribution < 1.29 is 0 Å². The highest BCUT2D eigenvalue weighted by molar-refractivity contribution is 9.09. The number of allylic oxidation sites excluding steroid dienone is 1. The van der Waals surface area contributed by atoms with Gasteiger partial charge in [-0.05, 0) is 18.8 Å². The number of hydrogen-bond donors (Lipinski definition) is 0. The second kappa shape index (κ2) is 6.23. The van der Waals surface area contributed by atoms with E-state index in [1.54, 1.807) is 0 Å². The molecule has 0 heterocycles. The normalized spacial score (nSPS) is 13.1. The van der Waals surface area contributed by atoms with E-state index in [9.17, 15) is 0 Å². The molecule has 0 bridgehead atoms. The monoisotopic (exact) mass is 224 g/mol. The maximum absolute atomic E-state index is 5.67. The Morgan fingerprint density at radius 2 is 2.30 bits per heavy atom. The Morgan fingerprint density at radius 1 is 1.70 bits per heavy atom. The van der Waals surface area contributed by atoms with Crippen LogP contribution in [0.3, 0.4) is 0 Å². The van der Waals surface area contributed by atoms with E-state index in [1.165, 1.54) is 12.8 Å². The maximum atomic E-state index is 5.67. The molecule has 0 aliphatic heterocycles. The van der Waals surface area contributed by atoms with E-state index in [0.29, 0.717) is 5.92 Å². The second-order valence-corrected chi connectivity index (χ2v) is 3.71. The Hall–Kier alpha value is 0.510. The van der Waals surface area contributed by atoms with Crippen molar-refractivity contribution in [3.8, 4) is 0 Å². The molecule has 1 atom stereocenters. The summed E-state index contributed by atoms with van der Waals surface area (Å²) < 4.78 is 0. The summed E-state index contributed by atoms with van der Waals surface area (Å²) in [6.45, 7) is 5.86. The Bertz CT molecular complexity index is 101. The van der Waals surface area contributed by atoms with Crippen LogP contribution in [0, 0.1) is 5.92 Å². The van der Waals surface area contributed by atoms with Crippen molar-refractivity contribution in [2.24, 2.45) is 5.92 Å². The fourth-order valence-corrected chi connectivity index (χ4v) is 1.73. The zero-order valence-electron chi connectivity index (χ0n) is 6.37. The molecule has 0 aromatic rings. The van der Waals surface area contributed by atoms with Crippen LogP contribution in [0.25, 0.3) is 0 Å². The average molecular weight is 226 g/mol. The van der Waals surface area contributed by atoms with Crippen molar-refractivity contribution in [3.05, 3.63) is 11.6 Å². The summed E-state index contributed by atoms with van der Waals surface area (Å²) in [5.74, 6) is 0.676. The van der Waals surface area contributed by atoms with Crippen LogP contribution < -0.4 is 0 Å². The van der Waals surface area contributed by atoms with Crippen molar-refractivity contribution in [2.75, 3.05) is 5.33 Å². The first-order valence-electron chi connectivity index (χ1n) is 3.60. The van der Waals surface area contributed by atoms with E-state index in [1.807, 2.05) is 0 Å². The molecule has 0 radical (unpaired) electrons. The summed E-state index contributed by atoms with van der Waals surface area (Å²) in [6.07, 6.45) is 3.40. The summed E-state index contributed by atoms with van der Waals surface area (Å²) in [5, 5.41) is 1.81. The molecule has 0 fully saturated rings. The average Bonchev–Trinajstić information content (AvgIpc) is 1.86. The van der Waals surface area contributed by atoms with Gasteiger partial charge in [-0.2, -0.15) is 0 Å². The van der Waals surface area contributed by atoms with E-state index in [2.05, 4.69) is 29.4 Å². The SMILES string of the molecule is C=C(Cl)CC(CBr)CCC. The number of rotatable bonds is 5. The van der Waals surface area contributed by atoms with E-state index >= 15 is 0 Å². The van der Waals surface area contributed by atoms with Gasteiger partial charge in [0.2, 0.25) is 0 Å². The lowest BCUT2D eigenvalue weighted by Crippen LogP contribution is -2.00. The molecule has 0 rings (SSSR count). The minimum Gasteiger partial charge on any atom is -0.0925 e. The van der Waals surface area contributed by atoms with Crippen molar-refractivity contribution in [1.29, 1.82) is 0 Å². The summed E-state index contributed by atoms with van der Waals surface area (Å²) in [4.78, 5) is 0. The van der Waals surface area contributed by atoms with Gasteiger partial charge in [-0.25, -0.2) is 0 Å². The molecule has 0 amide bonds. The predicted molar refractivity (Wildman–Crippen MR) is 51.8 cm³/mol. The van der Waals surface area contributed by atoms with Crippen molar-refractivity contribution >= 4 is 27.5 Å². The predicted octanol–water partition coefficient (Wildman–Crippen LogP) is 3.94. The summed E-state index contributed by atoms with van der Waals surface area (Å²) in [5.41, 5.74) is 0. The quantitative estimate of drug-likeness (QED) is 0.622. The minimum absolute atomic E-state index is 0.676. The van der Waals surface area contributed by atoms with Crippen LogP contribution in [0.4, 0.5) is 0 Å². The van der Waals surface area contributed by atoms with Gasteiger partial charge in [-0.15, -0.1) is 0 Å². The third-order valence-corrected chi connectivity index (χ3v) is 2.50. The van der Waals surface area contributed by atoms with Gasteiger partial charge in [0, 0.05) is 10.4 Å². The van der Waals surface area contributed by atoms with Crippen LogP contribution in [-0.4, -0.2) is 5.33 Å². The Kier molecular flexibility index (Phi) is 6.55. The van der Waals surface area contributed by atoms with Crippen LogP contribution in [0.1, 0.15) is 26.2 Å². The molecule has 0 aliphatic rings. The van der Waals surface area contributed by atoms with Crippen molar-refractivity contribution in [2.45, 2.75) is 26.2 Å². The van der Waals surface area contributed by atoms with Crippen LogP contribution in [0.2, 0.25) is 0 Å². The topological polar surface area (TPSA) is 0 Å². The van der Waals surface area contributed by atoms with Gasteiger partial charge in [-0.1, -0.05) is 47.5 Å². The molecule has 10 heavy (non-hydrogen) atoms. The molecule has 0 N–H and O–H groups in total. The fourth-order valence-electron chi connectivity index (χ4n) is 0.955. The highest BCUT2D eigenvalue weighted by atomic mass is 79.9. The molecule has 0 spiro atoms. The molecule has 1 unspecified atom stereocenters. The molecule has 0 saturated heterocycles. The molecule has 2 heteroatoms. The molecule has 0 saturated carbocycles. The van der Waals surface area contributed by atoms with Gasteiger partial charge < -0.3 is 0 Å². The van der Waals surface area contributed by atoms with Gasteiger partial charge in [0.1, 0.15) is 0 Å². The number of alkyl halides is 1. The summed E-state index contributed by atoms with van der Waals surface area (Å²) >= 11 is 9.12. The van der Waals surface area contributed by atoms with Gasteiger partial charge in [0.15, 0.2) is 0 Å². The van der Waals surface area contributed by atoms with E-state index < -0.39 is 0 Å². The molecule has 0 aromatic heterocycles. The first kappa shape index (κ1) is 10.5. The molecular formula is C8H14BrCl. The summed E-state index contributed by atoms with van der Waals surface area (Å²) in [7, 11) is 0.